The molecule has 3 heteroatoms. The fraction of sp³-hybridized carbons (Fsp3) is 1.00. The molecule has 0 spiro atoms. The molecule has 0 saturated carbocycles. The highest BCUT2D eigenvalue weighted by Gasteiger charge is 2.18. The van der Waals surface area contributed by atoms with Crippen molar-refractivity contribution in [3.05, 3.63) is 0 Å². The molecule has 1 atom stereocenters. The Kier molecular flexibility index (Phi) is 8.90. The van der Waals surface area contributed by atoms with Gasteiger partial charge in [0.15, 0.2) is 0 Å². The Balaban J connectivity index is 3.62. The first-order valence-corrected chi connectivity index (χ1v) is 6.42. The van der Waals surface area contributed by atoms with Gasteiger partial charge in [0.05, 0.1) is 19.3 Å². The van der Waals surface area contributed by atoms with Gasteiger partial charge in [-0.25, -0.2) is 0 Å². The summed E-state index contributed by atoms with van der Waals surface area (Å²) in [6.07, 6.45) is 1.36. The van der Waals surface area contributed by atoms with E-state index in [0.29, 0.717) is 6.61 Å². The molecule has 0 aromatic carbocycles. The van der Waals surface area contributed by atoms with Crippen LogP contribution >= 0.6 is 0 Å². The van der Waals surface area contributed by atoms with Crippen molar-refractivity contribution in [2.45, 2.75) is 47.1 Å². The van der Waals surface area contributed by atoms with Gasteiger partial charge in [-0.05, 0) is 26.8 Å². The quantitative estimate of drug-likeness (QED) is 0.586. The van der Waals surface area contributed by atoms with Gasteiger partial charge in [-0.3, -0.25) is 0 Å². The van der Waals surface area contributed by atoms with Crippen molar-refractivity contribution in [3.8, 4) is 0 Å². The van der Waals surface area contributed by atoms with Crippen molar-refractivity contribution < 1.29 is 9.47 Å². The third-order valence-corrected chi connectivity index (χ3v) is 2.35. The molecule has 0 aliphatic carbocycles. The van der Waals surface area contributed by atoms with Gasteiger partial charge in [-0.1, -0.05) is 20.8 Å². The molecule has 0 aliphatic heterocycles. The topological polar surface area (TPSA) is 30.5 Å². The van der Waals surface area contributed by atoms with E-state index in [9.17, 15) is 0 Å². The van der Waals surface area contributed by atoms with Crippen molar-refractivity contribution in [1.82, 2.24) is 5.32 Å². The molecule has 0 rings (SSSR count). The summed E-state index contributed by atoms with van der Waals surface area (Å²) in [5.41, 5.74) is 0.190. The molecule has 98 valence electrons. The second-order valence-corrected chi connectivity index (χ2v) is 5.12. The summed E-state index contributed by atoms with van der Waals surface area (Å²) in [5, 5.41) is 3.43. The normalized spacial score (nSPS) is 14.1. The van der Waals surface area contributed by atoms with Crippen molar-refractivity contribution in [3.63, 3.8) is 0 Å². The van der Waals surface area contributed by atoms with E-state index in [1.165, 1.54) is 6.42 Å². The predicted molar refractivity (Wildman–Crippen MR) is 68.8 cm³/mol. The average Bonchev–Trinajstić information content (AvgIpc) is 2.24. The minimum Gasteiger partial charge on any atom is -0.379 e. The maximum Gasteiger partial charge on any atom is 0.0780 e. The lowest BCUT2D eigenvalue weighted by Crippen LogP contribution is -2.35. The Hall–Kier alpha value is -0.120. The molecule has 0 heterocycles. The first-order chi connectivity index (χ1) is 7.52. The Bertz CT molecular complexity index is 160. The summed E-state index contributed by atoms with van der Waals surface area (Å²) in [4.78, 5) is 0. The van der Waals surface area contributed by atoms with E-state index in [2.05, 4.69) is 33.0 Å². The summed E-state index contributed by atoms with van der Waals surface area (Å²) in [5.74, 6) is 0. The predicted octanol–water partition coefficient (Wildman–Crippen LogP) is 2.45. The Morgan fingerprint density at radius 1 is 1.25 bits per heavy atom. The molecule has 1 unspecified atom stereocenters. The van der Waals surface area contributed by atoms with E-state index in [-0.39, 0.29) is 11.5 Å². The van der Waals surface area contributed by atoms with Crippen LogP contribution in [-0.4, -0.2) is 39.0 Å². The Labute approximate surface area is 101 Å². The number of hydrogen-bond acceptors (Lipinski definition) is 3. The lowest BCUT2D eigenvalue weighted by atomic mass is 9.95. The molecular formula is C13H29NO2. The van der Waals surface area contributed by atoms with Gasteiger partial charge in [-0.2, -0.15) is 0 Å². The number of hydrogen-bond donors (Lipinski definition) is 1. The molecule has 0 bridgehead atoms. The molecule has 0 aliphatic rings. The van der Waals surface area contributed by atoms with Crippen molar-refractivity contribution in [1.29, 1.82) is 0 Å². The third kappa shape index (κ3) is 9.13. The second kappa shape index (κ2) is 8.97. The lowest BCUT2D eigenvalue weighted by molar-refractivity contribution is -0.0328. The molecule has 0 fully saturated rings. The van der Waals surface area contributed by atoms with Crippen LogP contribution in [0.25, 0.3) is 0 Å². The monoisotopic (exact) mass is 231 g/mol. The van der Waals surface area contributed by atoms with Crippen LogP contribution in [0.3, 0.4) is 0 Å². The molecule has 0 amide bonds. The highest BCUT2D eigenvalue weighted by molar-refractivity contribution is 4.71. The zero-order valence-corrected chi connectivity index (χ0v) is 11.6. The minimum atomic E-state index is 0.186. The molecule has 0 saturated heterocycles. The second-order valence-electron chi connectivity index (χ2n) is 5.12. The van der Waals surface area contributed by atoms with Gasteiger partial charge < -0.3 is 14.8 Å². The van der Waals surface area contributed by atoms with Crippen LogP contribution in [0.4, 0.5) is 0 Å². The number of ether oxygens (including phenoxy) is 2. The first-order valence-electron chi connectivity index (χ1n) is 6.42. The van der Waals surface area contributed by atoms with Gasteiger partial charge in [0, 0.05) is 18.6 Å². The molecule has 0 aromatic rings. The van der Waals surface area contributed by atoms with E-state index in [1.54, 1.807) is 0 Å². The van der Waals surface area contributed by atoms with Gasteiger partial charge in [0.25, 0.3) is 0 Å². The van der Waals surface area contributed by atoms with Crippen LogP contribution in [0, 0.1) is 5.41 Å². The summed E-state index contributed by atoms with van der Waals surface area (Å²) in [6.45, 7) is 15.0. The average molecular weight is 231 g/mol. The van der Waals surface area contributed by atoms with E-state index < -0.39 is 0 Å². The van der Waals surface area contributed by atoms with Gasteiger partial charge in [0.2, 0.25) is 0 Å². The summed E-state index contributed by atoms with van der Waals surface area (Å²) in [6, 6.07) is 0. The third-order valence-electron chi connectivity index (χ3n) is 2.35. The van der Waals surface area contributed by atoms with E-state index >= 15 is 0 Å². The first kappa shape index (κ1) is 15.9. The number of nitrogens with one attached hydrogen (secondary N) is 1. The van der Waals surface area contributed by atoms with Crippen LogP contribution < -0.4 is 5.32 Å². The standard InChI is InChI=1S/C13H29NO2/c1-6-8-14-10-13(4,5)11-16-12(3)9-15-7-2/h12,14H,6-11H2,1-5H3. The van der Waals surface area contributed by atoms with Gasteiger partial charge in [-0.15, -0.1) is 0 Å². The summed E-state index contributed by atoms with van der Waals surface area (Å²) in [7, 11) is 0. The fourth-order valence-electron chi connectivity index (χ4n) is 1.35. The zero-order valence-electron chi connectivity index (χ0n) is 11.6. The zero-order chi connectivity index (χ0) is 12.4. The smallest absolute Gasteiger partial charge is 0.0780 e. The maximum absolute atomic E-state index is 5.77. The largest absolute Gasteiger partial charge is 0.379 e. The molecule has 3 nitrogen and oxygen atoms in total. The van der Waals surface area contributed by atoms with Gasteiger partial charge >= 0.3 is 0 Å². The van der Waals surface area contributed by atoms with Crippen molar-refractivity contribution in [2.24, 2.45) is 5.41 Å². The summed E-state index contributed by atoms with van der Waals surface area (Å²) < 4.78 is 11.1. The highest BCUT2D eigenvalue weighted by atomic mass is 16.5. The SMILES string of the molecule is CCCNCC(C)(C)COC(C)COCC. The molecule has 0 radical (unpaired) electrons. The number of rotatable bonds is 10. The summed E-state index contributed by atoms with van der Waals surface area (Å²) >= 11 is 0. The van der Waals surface area contributed by atoms with E-state index in [4.69, 9.17) is 9.47 Å². The Morgan fingerprint density at radius 2 is 1.94 bits per heavy atom. The van der Waals surface area contributed by atoms with Crippen LogP contribution in [0.2, 0.25) is 0 Å². The minimum absolute atomic E-state index is 0.186. The van der Waals surface area contributed by atoms with Crippen LogP contribution in [0.5, 0.6) is 0 Å². The molecular weight excluding hydrogens is 202 g/mol. The highest BCUT2D eigenvalue weighted by Crippen LogP contribution is 2.15. The van der Waals surface area contributed by atoms with Crippen molar-refractivity contribution >= 4 is 0 Å². The molecule has 0 aromatic heterocycles. The fourth-order valence-corrected chi connectivity index (χ4v) is 1.35. The van der Waals surface area contributed by atoms with Crippen LogP contribution in [-0.2, 0) is 9.47 Å². The van der Waals surface area contributed by atoms with E-state index in [0.717, 1.165) is 26.3 Å². The van der Waals surface area contributed by atoms with Crippen LogP contribution in [0.15, 0.2) is 0 Å². The lowest BCUT2D eigenvalue weighted by Gasteiger charge is -2.26. The molecule has 16 heavy (non-hydrogen) atoms. The van der Waals surface area contributed by atoms with E-state index in [1.807, 2.05) is 6.92 Å². The molecule has 1 N–H and O–H groups in total. The van der Waals surface area contributed by atoms with Gasteiger partial charge in [0.1, 0.15) is 0 Å². The Morgan fingerprint density at radius 3 is 2.50 bits per heavy atom. The maximum atomic E-state index is 5.77. The van der Waals surface area contributed by atoms with Crippen LogP contribution in [0.1, 0.15) is 41.0 Å². The van der Waals surface area contributed by atoms with Crippen molar-refractivity contribution in [2.75, 3.05) is 32.9 Å².